The van der Waals surface area contributed by atoms with Crippen molar-refractivity contribution in [1.82, 2.24) is 15.1 Å². The molecule has 2 aliphatic rings. The van der Waals surface area contributed by atoms with E-state index < -0.39 is 16.9 Å². The van der Waals surface area contributed by atoms with Gasteiger partial charge in [0.1, 0.15) is 0 Å². The largest absolute Gasteiger partial charge is 0.453 e. The van der Waals surface area contributed by atoms with Crippen molar-refractivity contribution in [3.8, 4) is 0 Å². The molecule has 2 aliphatic heterocycles. The highest BCUT2D eigenvalue weighted by Gasteiger charge is 2.47. The molecule has 9 heteroatoms. The van der Waals surface area contributed by atoms with E-state index in [2.05, 4.69) is 10.2 Å². The van der Waals surface area contributed by atoms with Crippen LogP contribution >= 0.6 is 11.6 Å². The third-order valence-corrected chi connectivity index (χ3v) is 8.68. The van der Waals surface area contributed by atoms with Gasteiger partial charge in [-0.25, -0.2) is 4.79 Å². The second-order valence-corrected chi connectivity index (χ2v) is 11.5. The first kappa shape index (κ1) is 26.6. The Hall–Kier alpha value is -2.42. The summed E-state index contributed by atoms with van der Waals surface area (Å²) < 4.78 is 16.4. The lowest BCUT2D eigenvalue weighted by molar-refractivity contribution is -0.138. The van der Waals surface area contributed by atoms with Crippen LogP contribution in [0, 0.1) is 5.41 Å². The first-order chi connectivity index (χ1) is 17.3. The molecule has 2 aromatic rings. The Morgan fingerprint density at radius 3 is 2.47 bits per heavy atom. The fraction of sp³-hybridized carbons (Fsp3) is 0.481. The number of likely N-dealkylation sites (tertiary alicyclic amines) is 2. The van der Waals surface area contributed by atoms with E-state index in [1.165, 1.54) is 7.11 Å². The van der Waals surface area contributed by atoms with Crippen LogP contribution in [0.25, 0.3) is 0 Å². The Bertz CT molecular complexity index is 1100. The van der Waals surface area contributed by atoms with Gasteiger partial charge in [0.25, 0.3) is 0 Å². The number of hydrogen-bond donors (Lipinski definition) is 1. The molecule has 1 spiro atoms. The topological polar surface area (TPSA) is 79.0 Å². The number of ether oxygens (including phenoxy) is 1. The SMILES string of the molecule is COC(=O)NC(CCN1CCC2(CC1)CCN(Cc1ccc(S(C)=O)cc1)C2=O)c1cccc(Cl)c1. The van der Waals surface area contributed by atoms with Crippen molar-refractivity contribution in [2.45, 2.75) is 43.2 Å². The van der Waals surface area contributed by atoms with Crippen LogP contribution in [0.15, 0.2) is 53.4 Å². The van der Waals surface area contributed by atoms with Gasteiger partial charge >= 0.3 is 6.09 Å². The second-order valence-electron chi connectivity index (χ2n) is 9.73. The summed E-state index contributed by atoms with van der Waals surface area (Å²) in [5, 5.41) is 3.55. The first-order valence-electron chi connectivity index (χ1n) is 12.3. The van der Waals surface area contributed by atoms with Crippen molar-refractivity contribution in [2.75, 3.05) is 39.5 Å². The van der Waals surface area contributed by atoms with E-state index in [1.54, 1.807) is 6.26 Å². The van der Waals surface area contributed by atoms with Crippen LogP contribution in [0.3, 0.4) is 0 Å². The molecule has 0 saturated carbocycles. The van der Waals surface area contributed by atoms with Crippen molar-refractivity contribution >= 4 is 34.4 Å². The zero-order chi connectivity index (χ0) is 25.7. The second kappa shape index (κ2) is 11.8. The summed E-state index contributed by atoms with van der Waals surface area (Å²) in [6.45, 7) is 3.90. The normalized spacial score (nSPS) is 19.3. The van der Waals surface area contributed by atoms with Crippen molar-refractivity contribution in [3.05, 3.63) is 64.7 Å². The van der Waals surface area contributed by atoms with Crippen LogP contribution in [-0.4, -0.2) is 65.6 Å². The Balaban J connectivity index is 1.31. The van der Waals surface area contributed by atoms with Gasteiger partial charge in [-0.3, -0.25) is 9.00 Å². The summed E-state index contributed by atoms with van der Waals surface area (Å²) in [6, 6.07) is 15.0. The Morgan fingerprint density at radius 2 is 1.83 bits per heavy atom. The molecule has 2 unspecified atom stereocenters. The molecule has 4 rings (SSSR count). The molecule has 194 valence electrons. The minimum absolute atomic E-state index is 0.202. The molecule has 0 bridgehead atoms. The van der Waals surface area contributed by atoms with E-state index >= 15 is 0 Å². The zero-order valence-electron chi connectivity index (χ0n) is 20.9. The summed E-state index contributed by atoms with van der Waals surface area (Å²) in [6.07, 6.45) is 4.52. The van der Waals surface area contributed by atoms with Gasteiger partial charge in [0.2, 0.25) is 5.91 Å². The predicted molar refractivity (Wildman–Crippen MR) is 141 cm³/mol. The van der Waals surface area contributed by atoms with E-state index in [9.17, 15) is 13.8 Å². The molecule has 2 amide bonds. The smallest absolute Gasteiger partial charge is 0.407 e. The highest BCUT2D eigenvalue weighted by Crippen LogP contribution is 2.42. The number of carbonyl (C=O) groups is 2. The van der Waals surface area contributed by atoms with Gasteiger partial charge in [0.15, 0.2) is 0 Å². The molecule has 7 nitrogen and oxygen atoms in total. The van der Waals surface area contributed by atoms with Crippen LogP contribution in [0.4, 0.5) is 4.79 Å². The lowest BCUT2D eigenvalue weighted by Gasteiger charge is -2.38. The van der Waals surface area contributed by atoms with Crippen LogP contribution in [0.1, 0.15) is 42.9 Å². The number of nitrogens with one attached hydrogen (secondary N) is 1. The fourth-order valence-corrected chi connectivity index (χ4v) is 6.00. The summed E-state index contributed by atoms with van der Waals surface area (Å²) in [7, 11) is 0.361. The van der Waals surface area contributed by atoms with Crippen LogP contribution in [0.2, 0.25) is 5.02 Å². The Kier molecular flexibility index (Phi) is 8.70. The predicted octanol–water partition coefficient (Wildman–Crippen LogP) is 4.38. The lowest BCUT2D eigenvalue weighted by Crippen LogP contribution is -2.45. The van der Waals surface area contributed by atoms with E-state index in [0.29, 0.717) is 11.6 Å². The molecular formula is C27H34ClN3O4S. The Labute approximate surface area is 220 Å². The molecule has 1 N–H and O–H groups in total. The maximum atomic E-state index is 13.4. The third kappa shape index (κ3) is 6.28. The number of halogens is 1. The zero-order valence-corrected chi connectivity index (χ0v) is 22.4. The standard InChI is InChI=1S/C27H34ClN3O4S/c1-35-26(33)29-24(21-4-3-5-22(28)18-21)10-14-30-15-11-27(12-16-30)13-17-31(25(27)32)19-20-6-8-23(9-7-20)36(2)34/h3-9,18,24H,10-17,19H2,1-2H3,(H,29,33). The summed E-state index contributed by atoms with van der Waals surface area (Å²) in [5.74, 6) is 0.259. The molecule has 2 aromatic carbocycles. The molecule has 0 aliphatic carbocycles. The van der Waals surface area contributed by atoms with Gasteiger partial charge < -0.3 is 19.9 Å². The number of rotatable bonds is 8. The Morgan fingerprint density at radius 1 is 1.14 bits per heavy atom. The number of hydrogen-bond acceptors (Lipinski definition) is 5. The highest BCUT2D eigenvalue weighted by atomic mass is 35.5. The first-order valence-corrected chi connectivity index (χ1v) is 14.3. The lowest BCUT2D eigenvalue weighted by atomic mass is 9.77. The van der Waals surface area contributed by atoms with E-state index in [-0.39, 0.29) is 17.4 Å². The minimum atomic E-state index is -0.999. The average Bonchev–Trinajstić information content (AvgIpc) is 3.17. The van der Waals surface area contributed by atoms with E-state index in [1.807, 2.05) is 53.4 Å². The number of amides is 2. The van der Waals surface area contributed by atoms with Crippen LogP contribution in [0.5, 0.6) is 0 Å². The van der Waals surface area contributed by atoms with Gasteiger partial charge in [0, 0.05) is 46.6 Å². The maximum Gasteiger partial charge on any atom is 0.407 e. The van der Waals surface area contributed by atoms with E-state index in [0.717, 1.165) is 67.9 Å². The van der Waals surface area contributed by atoms with Crippen molar-refractivity contribution < 1.29 is 18.5 Å². The number of nitrogens with zero attached hydrogens (tertiary/aromatic N) is 2. The van der Waals surface area contributed by atoms with E-state index in [4.69, 9.17) is 16.3 Å². The quantitative estimate of drug-likeness (QED) is 0.547. The molecule has 2 heterocycles. The van der Waals surface area contributed by atoms with Gasteiger partial charge in [-0.15, -0.1) is 0 Å². The maximum absolute atomic E-state index is 13.4. The molecule has 0 radical (unpaired) electrons. The van der Waals surface area contributed by atoms with Crippen molar-refractivity contribution in [1.29, 1.82) is 0 Å². The molecule has 36 heavy (non-hydrogen) atoms. The number of alkyl carbamates (subject to hydrolysis) is 1. The minimum Gasteiger partial charge on any atom is -0.453 e. The number of piperidine rings is 1. The average molecular weight is 532 g/mol. The van der Waals surface area contributed by atoms with Crippen LogP contribution in [-0.2, 0) is 26.9 Å². The molecule has 2 fully saturated rings. The number of carbonyl (C=O) groups excluding carboxylic acids is 2. The summed E-state index contributed by atoms with van der Waals surface area (Å²) in [5.41, 5.74) is 1.75. The summed E-state index contributed by atoms with van der Waals surface area (Å²) in [4.78, 5) is 30.5. The highest BCUT2D eigenvalue weighted by molar-refractivity contribution is 7.84. The number of benzene rings is 2. The van der Waals surface area contributed by atoms with Crippen molar-refractivity contribution in [3.63, 3.8) is 0 Å². The third-order valence-electron chi connectivity index (χ3n) is 7.51. The van der Waals surface area contributed by atoms with Crippen LogP contribution < -0.4 is 5.32 Å². The molecule has 2 saturated heterocycles. The molecule has 0 aromatic heterocycles. The monoisotopic (exact) mass is 531 g/mol. The van der Waals surface area contributed by atoms with Gasteiger partial charge in [-0.1, -0.05) is 35.9 Å². The van der Waals surface area contributed by atoms with Gasteiger partial charge in [0.05, 0.1) is 18.6 Å². The number of methoxy groups -OCH3 is 1. The van der Waals surface area contributed by atoms with Gasteiger partial charge in [-0.2, -0.15) is 0 Å². The van der Waals surface area contributed by atoms with Crippen molar-refractivity contribution in [2.24, 2.45) is 5.41 Å². The fourth-order valence-electron chi connectivity index (χ4n) is 5.28. The molecule has 2 atom stereocenters. The summed E-state index contributed by atoms with van der Waals surface area (Å²) >= 11 is 6.17. The molecular weight excluding hydrogens is 498 g/mol. The van der Waals surface area contributed by atoms with Gasteiger partial charge in [-0.05, 0) is 74.2 Å².